The topological polar surface area (TPSA) is 66.6 Å². The van der Waals surface area contributed by atoms with Gasteiger partial charge in [-0.3, -0.25) is 9.59 Å². The van der Waals surface area contributed by atoms with Crippen molar-refractivity contribution in [1.82, 2.24) is 9.80 Å². The highest BCUT2D eigenvalue weighted by molar-refractivity contribution is 5.94. The summed E-state index contributed by atoms with van der Waals surface area (Å²) < 4.78 is 12.9. The van der Waals surface area contributed by atoms with Crippen LogP contribution in [-0.2, 0) is 4.79 Å². The third kappa shape index (κ3) is 3.23. The third-order valence-electron chi connectivity index (χ3n) is 4.16. The normalized spacial score (nSPS) is 19.4. The first kappa shape index (κ1) is 16.7. The molecule has 0 spiro atoms. The van der Waals surface area contributed by atoms with E-state index < -0.39 is 5.54 Å². The summed E-state index contributed by atoms with van der Waals surface area (Å²) in [7, 11) is 0. The van der Waals surface area contributed by atoms with Gasteiger partial charge >= 0.3 is 0 Å². The van der Waals surface area contributed by atoms with Crippen LogP contribution in [0.1, 0.15) is 23.2 Å². The van der Waals surface area contributed by atoms with Crippen molar-refractivity contribution in [3.05, 3.63) is 35.6 Å². The molecule has 1 saturated heterocycles. The molecule has 1 aliphatic heterocycles. The molecule has 22 heavy (non-hydrogen) atoms. The average molecular weight is 328 g/mol. The van der Waals surface area contributed by atoms with Crippen LogP contribution in [0.4, 0.5) is 4.39 Å². The van der Waals surface area contributed by atoms with Crippen molar-refractivity contribution in [2.24, 2.45) is 5.73 Å². The zero-order valence-electron chi connectivity index (χ0n) is 12.1. The second-order valence-electron chi connectivity index (χ2n) is 5.75. The minimum absolute atomic E-state index is 0. The van der Waals surface area contributed by atoms with Crippen molar-refractivity contribution in [1.29, 1.82) is 0 Å². The highest BCUT2D eigenvalue weighted by atomic mass is 35.5. The van der Waals surface area contributed by atoms with Crippen LogP contribution < -0.4 is 5.73 Å². The Morgan fingerprint density at radius 1 is 1.00 bits per heavy atom. The number of nitrogens with zero attached hydrogens (tertiary/aromatic N) is 2. The van der Waals surface area contributed by atoms with E-state index >= 15 is 0 Å². The number of carbonyl (C=O) groups excluding carboxylic acids is 2. The second kappa shape index (κ2) is 6.22. The van der Waals surface area contributed by atoms with Crippen molar-refractivity contribution in [2.45, 2.75) is 18.4 Å². The number of halogens is 2. The molecule has 0 atom stereocenters. The van der Waals surface area contributed by atoms with Crippen LogP contribution in [0.2, 0.25) is 0 Å². The van der Waals surface area contributed by atoms with Crippen LogP contribution >= 0.6 is 12.4 Å². The van der Waals surface area contributed by atoms with E-state index in [-0.39, 0.29) is 30.0 Å². The Labute approximate surface area is 134 Å². The SMILES string of the molecule is Cl.NC1(C(=O)N2CCN(C(=O)c3ccc(F)cc3)CC2)CC1. The Morgan fingerprint density at radius 3 is 2.00 bits per heavy atom. The fourth-order valence-electron chi connectivity index (χ4n) is 2.55. The maximum atomic E-state index is 12.9. The molecule has 1 heterocycles. The number of nitrogens with two attached hydrogens (primary N) is 1. The number of amides is 2. The number of piperazine rings is 1. The van der Waals surface area contributed by atoms with Gasteiger partial charge in [-0.1, -0.05) is 0 Å². The predicted octanol–water partition coefficient (Wildman–Crippen LogP) is 1.02. The van der Waals surface area contributed by atoms with Crippen molar-refractivity contribution in [3.8, 4) is 0 Å². The summed E-state index contributed by atoms with van der Waals surface area (Å²) in [4.78, 5) is 27.8. The first-order valence-electron chi connectivity index (χ1n) is 7.13. The molecule has 7 heteroatoms. The summed E-state index contributed by atoms with van der Waals surface area (Å²) in [6, 6.07) is 5.51. The highest BCUT2D eigenvalue weighted by Crippen LogP contribution is 2.34. The summed E-state index contributed by atoms with van der Waals surface area (Å²) in [5, 5.41) is 0. The Hall–Kier alpha value is -1.66. The Bertz CT molecular complexity index is 567. The highest BCUT2D eigenvalue weighted by Gasteiger charge is 2.48. The molecule has 2 N–H and O–H groups in total. The molecule has 1 aromatic carbocycles. The maximum Gasteiger partial charge on any atom is 0.253 e. The molecule has 1 aliphatic carbocycles. The molecule has 2 fully saturated rings. The van der Waals surface area contributed by atoms with Crippen LogP contribution in [0.3, 0.4) is 0 Å². The van der Waals surface area contributed by atoms with E-state index in [1.54, 1.807) is 9.80 Å². The van der Waals surface area contributed by atoms with Crippen LogP contribution in [0.5, 0.6) is 0 Å². The van der Waals surface area contributed by atoms with E-state index in [1.807, 2.05) is 0 Å². The van der Waals surface area contributed by atoms with E-state index in [1.165, 1.54) is 24.3 Å². The fraction of sp³-hybridized carbons (Fsp3) is 0.467. The molecule has 0 unspecified atom stereocenters. The van der Waals surface area contributed by atoms with Crippen molar-refractivity contribution in [3.63, 3.8) is 0 Å². The van der Waals surface area contributed by atoms with E-state index in [0.717, 1.165) is 12.8 Å². The van der Waals surface area contributed by atoms with Crippen molar-refractivity contribution in [2.75, 3.05) is 26.2 Å². The summed E-state index contributed by atoms with van der Waals surface area (Å²) in [6.07, 6.45) is 1.50. The number of rotatable bonds is 2. The lowest BCUT2D eigenvalue weighted by molar-refractivity contribution is -0.135. The predicted molar refractivity (Wildman–Crippen MR) is 82.3 cm³/mol. The minimum atomic E-state index is -0.650. The first-order valence-corrected chi connectivity index (χ1v) is 7.13. The minimum Gasteiger partial charge on any atom is -0.338 e. The molecule has 0 bridgehead atoms. The Balaban J connectivity index is 0.00000176. The number of carbonyl (C=O) groups is 2. The standard InChI is InChI=1S/C15H18FN3O2.ClH/c16-12-3-1-11(2-4-12)13(20)18-7-9-19(10-8-18)14(21)15(17)5-6-15;/h1-4H,5-10,17H2;1H. The second-order valence-corrected chi connectivity index (χ2v) is 5.75. The average Bonchev–Trinajstić information content (AvgIpc) is 3.26. The van der Waals surface area contributed by atoms with Gasteiger partial charge in [-0.25, -0.2) is 4.39 Å². The molecule has 1 saturated carbocycles. The van der Waals surface area contributed by atoms with Crippen LogP contribution in [0, 0.1) is 5.82 Å². The molecular weight excluding hydrogens is 309 g/mol. The summed E-state index contributed by atoms with van der Waals surface area (Å²) in [6.45, 7) is 1.98. The molecule has 120 valence electrons. The molecule has 2 aliphatic rings. The van der Waals surface area contributed by atoms with Crippen LogP contribution in [-0.4, -0.2) is 53.3 Å². The lowest BCUT2D eigenvalue weighted by atomic mass is 10.1. The Morgan fingerprint density at radius 2 is 1.50 bits per heavy atom. The molecule has 3 rings (SSSR count). The van der Waals surface area contributed by atoms with Gasteiger partial charge in [0, 0.05) is 31.7 Å². The van der Waals surface area contributed by atoms with E-state index in [2.05, 4.69) is 0 Å². The fourth-order valence-corrected chi connectivity index (χ4v) is 2.55. The van der Waals surface area contributed by atoms with Crippen LogP contribution in [0.15, 0.2) is 24.3 Å². The van der Waals surface area contributed by atoms with Gasteiger partial charge in [0.25, 0.3) is 5.91 Å². The monoisotopic (exact) mass is 327 g/mol. The lowest BCUT2D eigenvalue weighted by Gasteiger charge is -2.36. The van der Waals surface area contributed by atoms with Crippen molar-refractivity contribution < 1.29 is 14.0 Å². The van der Waals surface area contributed by atoms with Gasteiger partial charge < -0.3 is 15.5 Å². The smallest absolute Gasteiger partial charge is 0.253 e. The van der Waals surface area contributed by atoms with Crippen LogP contribution in [0.25, 0.3) is 0 Å². The molecular formula is C15H19ClFN3O2. The summed E-state index contributed by atoms with van der Waals surface area (Å²) in [5.74, 6) is -0.494. The van der Waals surface area contributed by atoms with Crippen molar-refractivity contribution >= 4 is 24.2 Å². The summed E-state index contributed by atoms with van der Waals surface area (Å²) >= 11 is 0. The third-order valence-corrected chi connectivity index (χ3v) is 4.16. The van der Waals surface area contributed by atoms with E-state index in [4.69, 9.17) is 5.73 Å². The molecule has 1 aromatic rings. The zero-order chi connectivity index (χ0) is 15.0. The molecule has 0 radical (unpaired) electrons. The van der Waals surface area contributed by atoms with E-state index in [9.17, 15) is 14.0 Å². The largest absolute Gasteiger partial charge is 0.338 e. The maximum absolute atomic E-state index is 12.9. The number of hydrogen-bond donors (Lipinski definition) is 1. The number of benzene rings is 1. The first-order chi connectivity index (χ1) is 9.99. The van der Waals surface area contributed by atoms with E-state index in [0.29, 0.717) is 31.7 Å². The van der Waals surface area contributed by atoms with Gasteiger partial charge in [0.15, 0.2) is 0 Å². The van der Waals surface area contributed by atoms with Gasteiger partial charge in [0.1, 0.15) is 5.82 Å². The van der Waals surface area contributed by atoms with Gasteiger partial charge in [0.2, 0.25) is 5.91 Å². The zero-order valence-corrected chi connectivity index (χ0v) is 12.9. The quantitative estimate of drug-likeness (QED) is 0.882. The number of hydrogen-bond acceptors (Lipinski definition) is 3. The van der Waals surface area contributed by atoms with Gasteiger partial charge in [-0.2, -0.15) is 0 Å². The van der Waals surface area contributed by atoms with Gasteiger partial charge in [0.05, 0.1) is 5.54 Å². The summed E-state index contributed by atoms with van der Waals surface area (Å²) in [5.41, 5.74) is 5.73. The molecule has 5 nitrogen and oxygen atoms in total. The molecule has 0 aromatic heterocycles. The molecule has 2 amide bonds. The lowest BCUT2D eigenvalue weighted by Crippen LogP contribution is -2.55. The van der Waals surface area contributed by atoms with Gasteiger partial charge in [-0.15, -0.1) is 12.4 Å². The Kier molecular flexibility index (Phi) is 4.72. The van der Waals surface area contributed by atoms with Gasteiger partial charge in [-0.05, 0) is 37.1 Å².